The number of carbonyl (C=O) groups is 1. The maximum absolute atomic E-state index is 11.9. The van der Waals surface area contributed by atoms with Crippen LogP contribution in [0.2, 0.25) is 5.02 Å². The molecule has 0 aliphatic heterocycles. The predicted molar refractivity (Wildman–Crippen MR) is 73.3 cm³/mol. The van der Waals surface area contributed by atoms with Crippen LogP contribution in [-0.2, 0) is 14.8 Å². The van der Waals surface area contributed by atoms with Gasteiger partial charge in [-0.3, -0.25) is 4.79 Å². The highest BCUT2D eigenvalue weighted by molar-refractivity contribution is 7.89. The molecule has 1 aromatic carbocycles. The third kappa shape index (κ3) is 3.46. The van der Waals surface area contributed by atoms with Gasteiger partial charge in [0.1, 0.15) is 4.90 Å². The Morgan fingerprint density at radius 3 is 2.58 bits per heavy atom. The van der Waals surface area contributed by atoms with Crippen molar-refractivity contribution in [3.8, 4) is 0 Å². The van der Waals surface area contributed by atoms with Crippen LogP contribution in [0.4, 0.5) is 5.69 Å². The molecule has 0 saturated heterocycles. The minimum absolute atomic E-state index is 0.000579. The first-order chi connectivity index (χ1) is 8.79. The quantitative estimate of drug-likeness (QED) is 0.891. The van der Waals surface area contributed by atoms with E-state index in [4.69, 9.17) is 16.7 Å². The topological polar surface area (TPSA) is 89.3 Å². The standard InChI is InChI=1S/C12H15ClN2O3S/c1-7(8-2-3-8)12(16)15-9-4-5-11(10(13)6-9)19(14,17)18/h4-8H,2-3H2,1H3,(H,15,16)(H2,14,17,18). The zero-order valence-corrected chi connectivity index (χ0v) is 12.0. The lowest BCUT2D eigenvalue weighted by Crippen LogP contribution is -2.22. The Balaban J connectivity index is 2.14. The fourth-order valence-electron chi connectivity index (χ4n) is 1.88. The number of nitrogens with two attached hydrogens (primary N) is 1. The van der Waals surface area contributed by atoms with Gasteiger partial charge in [-0.15, -0.1) is 0 Å². The van der Waals surface area contributed by atoms with E-state index >= 15 is 0 Å². The van der Waals surface area contributed by atoms with E-state index in [1.807, 2.05) is 6.92 Å². The summed E-state index contributed by atoms with van der Waals surface area (Å²) in [5.74, 6) is 0.331. The maximum Gasteiger partial charge on any atom is 0.239 e. The largest absolute Gasteiger partial charge is 0.326 e. The fourth-order valence-corrected chi connectivity index (χ4v) is 2.97. The molecular weight excluding hydrogens is 288 g/mol. The van der Waals surface area contributed by atoms with Gasteiger partial charge in [-0.05, 0) is 37.0 Å². The summed E-state index contributed by atoms with van der Waals surface area (Å²) in [5, 5.41) is 7.73. The fraction of sp³-hybridized carbons (Fsp3) is 0.417. The molecule has 1 aliphatic carbocycles. The number of hydrogen-bond acceptors (Lipinski definition) is 3. The van der Waals surface area contributed by atoms with E-state index in [9.17, 15) is 13.2 Å². The van der Waals surface area contributed by atoms with Crippen molar-refractivity contribution in [3.63, 3.8) is 0 Å². The normalized spacial score (nSPS) is 17.0. The SMILES string of the molecule is CC(C(=O)Nc1ccc(S(N)(=O)=O)c(Cl)c1)C1CC1. The minimum atomic E-state index is -3.84. The summed E-state index contributed by atoms with van der Waals surface area (Å²) >= 11 is 5.84. The molecule has 0 spiro atoms. The Morgan fingerprint density at radius 1 is 1.47 bits per heavy atom. The monoisotopic (exact) mass is 302 g/mol. The van der Waals surface area contributed by atoms with Gasteiger partial charge in [0, 0.05) is 11.6 Å². The van der Waals surface area contributed by atoms with Gasteiger partial charge < -0.3 is 5.32 Å². The molecule has 1 aromatic rings. The van der Waals surface area contributed by atoms with Gasteiger partial charge in [0.05, 0.1) is 5.02 Å². The van der Waals surface area contributed by atoms with Crippen molar-refractivity contribution >= 4 is 33.2 Å². The predicted octanol–water partition coefficient (Wildman–Crippen LogP) is 1.97. The number of carbonyl (C=O) groups excluding carboxylic acids is 1. The van der Waals surface area contributed by atoms with E-state index in [1.54, 1.807) is 0 Å². The number of hydrogen-bond donors (Lipinski definition) is 2. The summed E-state index contributed by atoms with van der Waals surface area (Å²) in [4.78, 5) is 11.7. The van der Waals surface area contributed by atoms with Crippen molar-refractivity contribution in [2.75, 3.05) is 5.32 Å². The maximum atomic E-state index is 11.9. The molecule has 0 bridgehead atoms. The smallest absolute Gasteiger partial charge is 0.239 e. The van der Waals surface area contributed by atoms with E-state index in [-0.39, 0.29) is 21.7 Å². The number of halogens is 1. The van der Waals surface area contributed by atoms with Gasteiger partial charge in [-0.2, -0.15) is 0 Å². The molecule has 1 amide bonds. The summed E-state index contributed by atoms with van der Waals surface area (Å²) in [6.45, 7) is 1.88. The van der Waals surface area contributed by atoms with Crippen LogP contribution in [-0.4, -0.2) is 14.3 Å². The van der Waals surface area contributed by atoms with Crippen molar-refractivity contribution in [2.24, 2.45) is 17.0 Å². The zero-order chi connectivity index (χ0) is 14.2. The summed E-state index contributed by atoms with van der Waals surface area (Å²) in [6.07, 6.45) is 2.17. The van der Waals surface area contributed by atoms with Crippen LogP contribution < -0.4 is 10.5 Å². The second kappa shape index (κ2) is 5.11. The van der Waals surface area contributed by atoms with Crippen LogP contribution in [0.25, 0.3) is 0 Å². The van der Waals surface area contributed by atoms with Gasteiger partial charge in [-0.25, -0.2) is 13.6 Å². The van der Waals surface area contributed by atoms with Crippen molar-refractivity contribution in [1.29, 1.82) is 0 Å². The molecule has 1 saturated carbocycles. The molecule has 0 radical (unpaired) electrons. The number of anilines is 1. The van der Waals surface area contributed by atoms with Gasteiger partial charge in [0.25, 0.3) is 0 Å². The Kier molecular flexibility index (Phi) is 3.85. The van der Waals surface area contributed by atoms with Crippen molar-refractivity contribution < 1.29 is 13.2 Å². The van der Waals surface area contributed by atoms with E-state index in [1.165, 1.54) is 18.2 Å². The molecule has 3 N–H and O–H groups in total. The highest BCUT2D eigenvalue weighted by atomic mass is 35.5. The molecule has 1 aliphatic rings. The molecule has 0 aromatic heterocycles. The molecule has 19 heavy (non-hydrogen) atoms. The molecule has 0 heterocycles. The Hall–Kier alpha value is -1.11. The zero-order valence-electron chi connectivity index (χ0n) is 10.4. The van der Waals surface area contributed by atoms with Crippen molar-refractivity contribution in [1.82, 2.24) is 0 Å². The summed E-state index contributed by atoms with van der Waals surface area (Å²) in [7, 11) is -3.84. The Bertz CT molecular complexity index is 611. The highest BCUT2D eigenvalue weighted by Gasteiger charge is 2.32. The van der Waals surface area contributed by atoms with Crippen molar-refractivity contribution in [3.05, 3.63) is 23.2 Å². The van der Waals surface area contributed by atoms with Crippen LogP contribution in [0.15, 0.2) is 23.1 Å². The van der Waals surface area contributed by atoms with Crippen LogP contribution in [0, 0.1) is 11.8 Å². The molecule has 104 valence electrons. The van der Waals surface area contributed by atoms with Crippen LogP contribution in [0.3, 0.4) is 0 Å². The average Bonchev–Trinajstić information content (AvgIpc) is 3.09. The summed E-state index contributed by atoms with van der Waals surface area (Å²) < 4.78 is 22.4. The lowest BCUT2D eigenvalue weighted by Gasteiger charge is -2.12. The van der Waals surface area contributed by atoms with Gasteiger partial charge >= 0.3 is 0 Å². The number of rotatable bonds is 4. The lowest BCUT2D eigenvalue weighted by atomic mass is 10.1. The van der Waals surface area contributed by atoms with E-state index in [0.29, 0.717) is 11.6 Å². The van der Waals surface area contributed by atoms with E-state index in [2.05, 4.69) is 5.32 Å². The molecule has 1 fully saturated rings. The molecule has 1 unspecified atom stereocenters. The van der Waals surface area contributed by atoms with Crippen molar-refractivity contribution in [2.45, 2.75) is 24.7 Å². The third-order valence-electron chi connectivity index (χ3n) is 3.25. The lowest BCUT2D eigenvalue weighted by molar-refractivity contribution is -0.119. The number of primary sulfonamides is 1. The first kappa shape index (κ1) is 14.3. The molecular formula is C12H15ClN2O3S. The number of nitrogens with one attached hydrogen (secondary N) is 1. The van der Waals surface area contributed by atoms with E-state index in [0.717, 1.165) is 12.8 Å². The average molecular weight is 303 g/mol. The van der Waals surface area contributed by atoms with Crippen LogP contribution in [0.5, 0.6) is 0 Å². The molecule has 1 atom stereocenters. The summed E-state index contributed by atoms with van der Waals surface area (Å²) in [5.41, 5.74) is 0.468. The second-order valence-corrected chi connectivity index (χ2v) is 6.74. The van der Waals surface area contributed by atoms with Crippen LogP contribution in [0.1, 0.15) is 19.8 Å². The second-order valence-electron chi connectivity index (χ2n) is 4.81. The molecule has 2 rings (SSSR count). The van der Waals surface area contributed by atoms with Crippen LogP contribution >= 0.6 is 11.6 Å². The van der Waals surface area contributed by atoms with Gasteiger partial charge in [0.2, 0.25) is 15.9 Å². The van der Waals surface area contributed by atoms with Gasteiger partial charge in [0.15, 0.2) is 0 Å². The minimum Gasteiger partial charge on any atom is -0.326 e. The summed E-state index contributed by atoms with van der Waals surface area (Å²) in [6, 6.07) is 4.15. The molecule has 7 heteroatoms. The molecule has 5 nitrogen and oxygen atoms in total. The Morgan fingerprint density at radius 2 is 2.11 bits per heavy atom. The number of amides is 1. The van der Waals surface area contributed by atoms with E-state index < -0.39 is 10.0 Å². The number of sulfonamides is 1. The highest BCUT2D eigenvalue weighted by Crippen LogP contribution is 2.37. The Labute approximate surface area is 117 Å². The first-order valence-electron chi connectivity index (χ1n) is 5.92. The number of benzene rings is 1. The van der Waals surface area contributed by atoms with Gasteiger partial charge in [-0.1, -0.05) is 18.5 Å². The first-order valence-corrected chi connectivity index (χ1v) is 7.84. The third-order valence-corrected chi connectivity index (χ3v) is 4.64.